The van der Waals surface area contributed by atoms with E-state index >= 15 is 0 Å². The summed E-state index contributed by atoms with van der Waals surface area (Å²) in [5, 5.41) is 0. The van der Waals surface area contributed by atoms with Gasteiger partial charge < -0.3 is 13.9 Å². The molecule has 80 valence electrons. The summed E-state index contributed by atoms with van der Waals surface area (Å²) in [5.41, 5.74) is 0. The van der Waals surface area contributed by atoms with Crippen molar-refractivity contribution in [3.05, 3.63) is 0 Å². The highest BCUT2D eigenvalue weighted by Gasteiger charge is 2.34. The molecule has 0 spiro atoms. The van der Waals surface area contributed by atoms with Gasteiger partial charge >= 0.3 is 0 Å². The van der Waals surface area contributed by atoms with Crippen LogP contribution in [0.4, 0.5) is 0 Å². The Morgan fingerprint density at radius 1 is 1.07 bits per heavy atom. The fourth-order valence-corrected chi connectivity index (χ4v) is 5.15. The summed E-state index contributed by atoms with van der Waals surface area (Å²) in [6.45, 7) is 1.96. The molecule has 4 atom stereocenters. The summed E-state index contributed by atoms with van der Waals surface area (Å²) in [7, 11) is -0.891. The minimum Gasteiger partial charge on any atom is -0.417 e. The van der Waals surface area contributed by atoms with E-state index < -0.39 is 9.04 Å². The van der Waals surface area contributed by atoms with Crippen LogP contribution in [0, 0.1) is 0 Å². The molecule has 3 rings (SSSR count). The van der Waals surface area contributed by atoms with E-state index in [1.807, 2.05) is 0 Å². The second kappa shape index (κ2) is 3.93. The van der Waals surface area contributed by atoms with Gasteiger partial charge in [0.05, 0.1) is 25.4 Å². The van der Waals surface area contributed by atoms with Crippen LogP contribution in [0.25, 0.3) is 0 Å². The molecule has 3 fully saturated rings. The lowest BCUT2D eigenvalue weighted by Gasteiger charge is -2.28. The number of hydrogen-bond acceptors (Lipinski definition) is 3. The van der Waals surface area contributed by atoms with Gasteiger partial charge in [0.1, 0.15) is 0 Å². The molecule has 0 aromatic carbocycles. The molecule has 3 heterocycles. The van der Waals surface area contributed by atoms with E-state index in [4.69, 9.17) is 13.9 Å². The molecule has 3 aliphatic heterocycles. The van der Waals surface area contributed by atoms with Crippen molar-refractivity contribution in [1.29, 1.82) is 0 Å². The monoisotopic (exact) mass is 214 g/mol. The summed E-state index contributed by atoms with van der Waals surface area (Å²) in [4.78, 5) is 0. The maximum Gasteiger partial charge on any atom is 0.180 e. The van der Waals surface area contributed by atoms with Gasteiger partial charge in [-0.15, -0.1) is 0 Å². The lowest BCUT2D eigenvalue weighted by atomic mass is 10.1. The summed E-state index contributed by atoms with van der Waals surface area (Å²) in [6, 6.07) is 2.61. The zero-order chi connectivity index (χ0) is 9.38. The van der Waals surface area contributed by atoms with Crippen LogP contribution in [0.15, 0.2) is 0 Å². The van der Waals surface area contributed by atoms with Crippen LogP contribution in [0.2, 0.25) is 12.1 Å². The largest absolute Gasteiger partial charge is 0.417 e. The Morgan fingerprint density at radius 3 is 2.57 bits per heavy atom. The van der Waals surface area contributed by atoms with Crippen molar-refractivity contribution >= 4 is 9.04 Å². The summed E-state index contributed by atoms with van der Waals surface area (Å²) < 4.78 is 16.7. The first-order valence-electron chi connectivity index (χ1n) is 5.79. The second-order valence-electron chi connectivity index (χ2n) is 4.69. The van der Waals surface area contributed by atoms with Crippen molar-refractivity contribution in [2.75, 3.05) is 13.2 Å². The second-order valence-corrected chi connectivity index (χ2v) is 7.26. The standard InChI is InChI=1S/C10H18O3Si/c1-2-8(4-9-5-11-9)13-14(3-1)7-10-6-12-10/h8-10,14H,1-7H2. The van der Waals surface area contributed by atoms with Crippen molar-refractivity contribution in [1.82, 2.24) is 0 Å². The third-order valence-electron chi connectivity index (χ3n) is 3.29. The van der Waals surface area contributed by atoms with E-state index in [0.717, 1.165) is 19.6 Å². The quantitative estimate of drug-likeness (QED) is 0.519. The van der Waals surface area contributed by atoms with Crippen LogP contribution in [-0.4, -0.2) is 40.6 Å². The van der Waals surface area contributed by atoms with Crippen LogP contribution in [0.5, 0.6) is 0 Å². The van der Waals surface area contributed by atoms with Gasteiger partial charge in [0.2, 0.25) is 0 Å². The van der Waals surface area contributed by atoms with E-state index in [1.54, 1.807) is 0 Å². The molecule has 0 N–H and O–H groups in total. The SMILES string of the molecule is C1CC(CC2CO2)O[SiH](CC2CO2)C1. The first-order chi connectivity index (χ1) is 6.90. The topological polar surface area (TPSA) is 34.3 Å². The summed E-state index contributed by atoms with van der Waals surface area (Å²) in [6.07, 6.45) is 5.41. The predicted octanol–water partition coefficient (Wildman–Crippen LogP) is 1.08. The lowest BCUT2D eigenvalue weighted by molar-refractivity contribution is 0.147. The number of hydrogen-bond donors (Lipinski definition) is 0. The minimum atomic E-state index is -0.891. The molecular formula is C10H18O3Si. The van der Waals surface area contributed by atoms with E-state index in [-0.39, 0.29) is 0 Å². The van der Waals surface area contributed by atoms with E-state index in [0.29, 0.717) is 18.3 Å². The molecule has 3 saturated heterocycles. The van der Waals surface area contributed by atoms with Crippen LogP contribution >= 0.6 is 0 Å². The van der Waals surface area contributed by atoms with Gasteiger partial charge in [-0.3, -0.25) is 0 Å². The van der Waals surface area contributed by atoms with Gasteiger partial charge in [-0.05, 0) is 18.5 Å². The molecule has 3 nitrogen and oxygen atoms in total. The van der Waals surface area contributed by atoms with Crippen molar-refractivity contribution < 1.29 is 13.9 Å². The zero-order valence-corrected chi connectivity index (χ0v) is 9.64. The number of rotatable bonds is 4. The van der Waals surface area contributed by atoms with Crippen LogP contribution in [0.1, 0.15) is 19.3 Å². The van der Waals surface area contributed by atoms with Gasteiger partial charge in [-0.25, -0.2) is 0 Å². The molecule has 4 heteroatoms. The average Bonchev–Trinajstić information content (AvgIpc) is 3.00. The fourth-order valence-electron chi connectivity index (χ4n) is 2.32. The molecule has 4 unspecified atom stereocenters. The first kappa shape index (κ1) is 9.33. The van der Waals surface area contributed by atoms with E-state index in [1.165, 1.54) is 24.9 Å². The third-order valence-corrected chi connectivity index (χ3v) is 6.17. The van der Waals surface area contributed by atoms with Crippen molar-refractivity contribution in [2.45, 2.75) is 49.7 Å². The van der Waals surface area contributed by atoms with Gasteiger partial charge in [0.15, 0.2) is 9.04 Å². The van der Waals surface area contributed by atoms with Crippen molar-refractivity contribution in [2.24, 2.45) is 0 Å². The van der Waals surface area contributed by atoms with E-state index in [2.05, 4.69) is 0 Å². The molecule has 0 saturated carbocycles. The normalized spacial score (nSPS) is 46.3. The van der Waals surface area contributed by atoms with Gasteiger partial charge in [0, 0.05) is 12.5 Å². The maximum absolute atomic E-state index is 6.17. The molecule has 0 aromatic rings. The predicted molar refractivity (Wildman–Crippen MR) is 55.0 cm³/mol. The first-order valence-corrected chi connectivity index (χ1v) is 7.89. The average molecular weight is 214 g/mol. The number of epoxide rings is 2. The Morgan fingerprint density at radius 2 is 1.86 bits per heavy atom. The Hall–Kier alpha value is 0.0969. The molecular weight excluding hydrogens is 196 g/mol. The molecule has 0 bridgehead atoms. The Labute approximate surface area is 86.4 Å². The highest BCUT2D eigenvalue weighted by molar-refractivity contribution is 6.52. The smallest absolute Gasteiger partial charge is 0.180 e. The van der Waals surface area contributed by atoms with Crippen LogP contribution in [-0.2, 0) is 13.9 Å². The van der Waals surface area contributed by atoms with Gasteiger partial charge in [-0.2, -0.15) is 0 Å². The maximum atomic E-state index is 6.17. The van der Waals surface area contributed by atoms with Crippen molar-refractivity contribution in [3.8, 4) is 0 Å². The molecule has 14 heavy (non-hydrogen) atoms. The third kappa shape index (κ3) is 2.57. The fraction of sp³-hybridized carbons (Fsp3) is 1.00. The minimum absolute atomic E-state index is 0.520. The molecule has 0 amide bonds. The lowest BCUT2D eigenvalue weighted by Crippen LogP contribution is -2.32. The molecule has 0 radical (unpaired) electrons. The molecule has 3 aliphatic rings. The summed E-state index contributed by atoms with van der Waals surface area (Å²) in [5.74, 6) is 0. The zero-order valence-electron chi connectivity index (χ0n) is 8.48. The van der Waals surface area contributed by atoms with Crippen molar-refractivity contribution in [3.63, 3.8) is 0 Å². The van der Waals surface area contributed by atoms with E-state index in [9.17, 15) is 0 Å². The Bertz CT molecular complexity index is 184. The van der Waals surface area contributed by atoms with Crippen LogP contribution in [0.3, 0.4) is 0 Å². The van der Waals surface area contributed by atoms with Gasteiger partial charge in [0.25, 0.3) is 0 Å². The Balaban J connectivity index is 1.44. The van der Waals surface area contributed by atoms with Crippen LogP contribution < -0.4 is 0 Å². The van der Waals surface area contributed by atoms with Gasteiger partial charge in [-0.1, -0.05) is 6.42 Å². The highest BCUT2D eigenvalue weighted by Crippen LogP contribution is 2.29. The highest BCUT2D eigenvalue weighted by atomic mass is 28.3. The molecule has 0 aliphatic carbocycles. The molecule has 0 aromatic heterocycles. The summed E-state index contributed by atoms with van der Waals surface area (Å²) >= 11 is 0. The Kier molecular flexibility index (Phi) is 2.62. The number of ether oxygens (including phenoxy) is 2.